The average molecular weight is 258 g/mol. The first-order valence-electron chi connectivity index (χ1n) is 5.26. The Labute approximate surface area is 105 Å². The molecule has 0 aliphatic carbocycles. The zero-order valence-electron chi connectivity index (χ0n) is 9.81. The topological polar surface area (TPSA) is 72.5 Å². The molecule has 0 saturated heterocycles. The number of carbonyl (C=O) groups is 1. The van der Waals surface area contributed by atoms with E-state index in [1.165, 1.54) is 7.11 Å². The Kier molecular flexibility index (Phi) is 4.78. The SMILES string of the molecule is COc1ccc(C(CC(=O)O)C(C)N)cc1Cl. The second-order valence-corrected chi connectivity index (χ2v) is 4.36. The smallest absolute Gasteiger partial charge is 0.304 e. The molecule has 0 saturated carbocycles. The van der Waals surface area contributed by atoms with Gasteiger partial charge >= 0.3 is 5.97 Å². The summed E-state index contributed by atoms with van der Waals surface area (Å²) < 4.78 is 5.04. The summed E-state index contributed by atoms with van der Waals surface area (Å²) in [5.41, 5.74) is 6.61. The molecule has 0 heterocycles. The largest absolute Gasteiger partial charge is 0.495 e. The van der Waals surface area contributed by atoms with E-state index >= 15 is 0 Å². The lowest BCUT2D eigenvalue weighted by molar-refractivity contribution is -0.137. The van der Waals surface area contributed by atoms with Crippen molar-refractivity contribution in [3.8, 4) is 5.75 Å². The Balaban J connectivity index is 3.02. The van der Waals surface area contributed by atoms with Crippen molar-refractivity contribution in [2.75, 3.05) is 7.11 Å². The molecule has 1 aromatic rings. The minimum atomic E-state index is -0.876. The molecule has 0 aliphatic heterocycles. The van der Waals surface area contributed by atoms with E-state index in [-0.39, 0.29) is 18.4 Å². The van der Waals surface area contributed by atoms with Gasteiger partial charge < -0.3 is 15.6 Å². The van der Waals surface area contributed by atoms with Gasteiger partial charge in [-0.05, 0) is 24.6 Å². The van der Waals surface area contributed by atoms with Gasteiger partial charge in [0.2, 0.25) is 0 Å². The fraction of sp³-hybridized carbons (Fsp3) is 0.417. The maximum absolute atomic E-state index is 10.8. The van der Waals surface area contributed by atoms with Gasteiger partial charge in [0, 0.05) is 12.0 Å². The first-order chi connectivity index (χ1) is 7.95. The number of carboxylic acids is 1. The number of methoxy groups -OCH3 is 1. The van der Waals surface area contributed by atoms with E-state index in [9.17, 15) is 4.79 Å². The van der Waals surface area contributed by atoms with Gasteiger partial charge in [0.25, 0.3) is 0 Å². The van der Waals surface area contributed by atoms with Gasteiger partial charge in [-0.3, -0.25) is 4.79 Å². The van der Waals surface area contributed by atoms with Gasteiger partial charge in [-0.2, -0.15) is 0 Å². The molecule has 0 spiro atoms. The van der Waals surface area contributed by atoms with E-state index in [2.05, 4.69) is 0 Å². The first kappa shape index (κ1) is 13.8. The van der Waals surface area contributed by atoms with Crippen molar-refractivity contribution >= 4 is 17.6 Å². The molecular weight excluding hydrogens is 242 g/mol. The minimum Gasteiger partial charge on any atom is -0.495 e. The minimum absolute atomic E-state index is 0.0136. The summed E-state index contributed by atoms with van der Waals surface area (Å²) in [5, 5.41) is 9.31. The van der Waals surface area contributed by atoms with Gasteiger partial charge in [-0.25, -0.2) is 0 Å². The van der Waals surface area contributed by atoms with Crippen LogP contribution in [0.1, 0.15) is 24.8 Å². The van der Waals surface area contributed by atoms with E-state index in [0.717, 1.165) is 5.56 Å². The normalized spacial score (nSPS) is 14.1. The summed E-state index contributed by atoms with van der Waals surface area (Å²) in [4.78, 5) is 10.8. The van der Waals surface area contributed by atoms with Crippen LogP contribution in [-0.4, -0.2) is 24.2 Å². The third kappa shape index (κ3) is 3.61. The molecule has 0 radical (unpaired) electrons. The van der Waals surface area contributed by atoms with Gasteiger partial charge in [0.15, 0.2) is 0 Å². The number of aliphatic carboxylic acids is 1. The zero-order chi connectivity index (χ0) is 13.0. The molecule has 2 atom stereocenters. The van der Waals surface area contributed by atoms with E-state index in [1.54, 1.807) is 25.1 Å². The second-order valence-electron chi connectivity index (χ2n) is 3.96. The molecule has 17 heavy (non-hydrogen) atoms. The fourth-order valence-electron chi connectivity index (χ4n) is 1.71. The Bertz CT molecular complexity index is 407. The molecule has 0 bridgehead atoms. The highest BCUT2D eigenvalue weighted by Crippen LogP contribution is 2.30. The van der Waals surface area contributed by atoms with Crippen LogP contribution in [0.5, 0.6) is 5.75 Å². The first-order valence-corrected chi connectivity index (χ1v) is 5.64. The molecule has 0 fully saturated rings. The summed E-state index contributed by atoms with van der Waals surface area (Å²) in [7, 11) is 1.53. The van der Waals surface area contributed by atoms with Crippen LogP contribution in [0, 0.1) is 0 Å². The number of ether oxygens (including phenoxy) is 1. The van der Waals surface area contributed by atoms with E-state index in [0.29, 0.717) is 10.8 Å². The third-order valence-corrected chi connectivity index (χ3v) is 2.93. The van der Waals surface area contributed by atoms with Crippen molar-refractivity contribution in [1.29, 1.82) is 0 Å². The standard InChI is InChI=1S/C12H16ClNO3/c1-7(14)9(6-12(15)16)8-3-4-11(17-2)10(13)5-8/h3-5,7,9H,6,14H2,1-2H3,(H,15,16). The number of hydrogen-bond donors (Lipinski definition) is 2. The maximum Gasteiger partial charge on any atom is 0.304 e. The van der Waals surface area contributed by atoms with E-state index < -0.39 is 5.97 Å². The number of benzene rings is 1. The monoisotopic (exact) mass is 257 g/mol. The fourth-order valence-corrected chi connectivity index (χ4v) is 1.97. The molecular formula is C12H16ClNO3. The molecule has 0 amide bonds. The lowest BCUT2D eigenvalue weighted by atomic mass is 9.90. The molecule has 1 aromatic carbocycles. The highest BCUT2D eigenvalue weighted by Gasteiger charge is 2.20. The van der Waals surface area contributed by atoms with E-state index in [1.807, 2.05) is 0 Å². The zero-order valence-corrected chi connectivity index (χ0v) is 10.6. The predicted molar refractivity (Wildman–Crippen MR) is 66.6 cm³/mol. The van der Waals surface area contributed by atoms with Crippen LogP contribution >= 0.6 is 11.6 Å². The molecule has 3 N–H and O–H groups in total. The van der Waals surface area contributed by atoms with Crippen molar-refractivity contribution in [1.82, 2.24) is 0 Å². The van der Waals surface area contributed by atoms with Crippen molar-refractivity contribution in [3.05, 3.63) is 28.8 Å². The van der Waals surface area contributed by atoms with Crippen LogP contribution in [-0.2, 0) is 4.79 Å². The molecule has 0 aromatic heterocycles. The highest BCUT2D eigenvalue weighted by molar-refractivity contribution is 6.32. The maximum atomic E-state index is 10.8. The number of nitrogens with two attached hydrogens (primary N) is 1. The second kappa shape index (κ2) is 5.89. The van der Waals surface area contributed by atoms with Crippen LogP contribution in [0.25, 0.3) is 0 Å². The summed E-state index contributed by atoms with van der Waals surface area (Å²) in [6.07, 6.45) is -0.0136. The molecule has 2 unspecified atom stereocenters. The van der Waals surface area contributed by atoms with Gasteiger partial charge in [0.05, 0.1) is 18.6 Å². The summed E-state index contributed by atoms with van der Waals surface area (Å²) >= 11 is 6.00. The highest BCUT2D eigenvalue weighted by atomic mass is 35.5. The van der Waals surface area contributed by atoms with Crippen molar-refractivity contribution < 1.29 is 14.6 Å². The van der Waals surface area contributed by atoms with Crippen LogP contribution in [0.2, 0.25) is 5.02 Å². The number of halogens is 1. The van der Waals surface area contributed by atoms with Gasteiger partial charge in [-0.1, -0.05) is 17.7 Å². The summed E-state index contributed by atoms with van der Waals surface area (Å²) in [5.74, 6) is -0.565. The lowest BCUT2D eigenvalue weighted by Gasteiger charge is -2.20. The van der Waals surface area contributed by atoms with Crippen LogP contribution in [0.3, 0.4) is 0 Å². The van der Waals surface area contributed by atoms with Crippen LogP contribution in [0.15, 0.2) is 18.2 Å². The molecule has 94 valence electrons. The predicted octanol–water partition coefficient (Wildman–Crippen LogP) is 2.25. The molecule has 5 heteroatoms. The quantitative estimate of drug-likeness (QED) is 0.849. The Morgan fingerprint density at radius 2 is 2.24 bits per heavy atom. The molecule has 1 rings (SSSR count). The molecule has 0 aliphatic rings. The number of rotatable bonds is 5. The Morgan fingerprint density at radius 3 is 2.65 bits per heavy atom. The van der Waals surface area contributed by atoms with Gasteiger partial charge in [0.1, 0.15) is 5.75 Å². The Morgan fingerprint density at radius 1 is 1.59 bits per heavy atom. The summed E-state index contributed by atoms with van der Waals surface area (Å²) in [6, 6.07) is 4.96. The van der Waals surface area contributed by atoms with Crippen molar-refractivity contribution in [2.45, 2.75) is 25.3 Å². The third-order valence-electron chi connectivity index (χ3n) is 2.63. The number of hydrogen-bond acceptors (Lipinski definition) is 3. The van der Waals surface area contributed by atoms with E-state index in [4.69, 9.17) is 27.2 Å². The van der Waals surface area contributed by atoms with Crippen LogP contribution in [0.4, 0.5) is 0 Å². The molecule has 4 nitrogen and oxygen atoms in total. The van der Waals surface area contributed by atoms with Crippen molar-refractivity contribution in [2.24, 2.45) is 5.73 Å². The Hall–Kier alpha value is -1.26. The van der Waals surface area contributed by atoms with Crippen molar-refractivity contribution in [3.63, 3.8) is 0 Å². The number of carboxylic acid groups (broad SMARTS) is 1. The van der Waals surface area contributed by atoms with Crippen LogP contribution < -0.4 is 10.5 Å². The average Bonchev–Trinajstić information content (AvgIpc) is 2.25. The van der Waals surface area contributed by atoms with Gasteiger partial charge in [-0.15, -0.1) is 0 Å². The lowest BCUT2D eigenvalue weighted by Crippen LogP contribution is -2.26. The summed E-state index contributed by atoms with van der Waals surface area (Å²) in [6.45, 7) is 1.78.